The molecule has 0 aliphatic carbocycles. The number of anilines is 2. The lowest BCUT2D eigenvalue weighted by molar-refractivity contribution is 0.122. The lowest BCUT2D eigenvalue weighted by atomic mass is 10.0. The van der Waals surface area contributed by atoms with Crippen molar-refractivity contribution in [2.24, 2.45) is 0 Å². The van der Waals surface area contributed by atoms with Gasteiger partial charge in [0, 0.05) is 37.0 Å². The molecule has 10 nitrogen and oxygen atoms in total. The predicted molar refractivity (Wildman–Crippen MR) is 140 cm³/mol. The Balaban J connectivity index is 1.54. The lowest BCUT2D eigenvalue weighted by Crippen LogP contribution is -2.37. The summed E-state index contributed by atoms with van der Waals surface area (Å²) in [6.45, 7) is 2.73. The van der Waals surface area contributed by atoms with Crippen molar-refractivity contribution in [2.45, 2.75) is 12.8 Å². The van der Waals surface area contributed by atoms with Crippen LogP contribution in [0.4, 0.5) is 16.0 Å². The molecule has 0 spiro atoms. The maximum absolute atomic E-state index is 15.5. The molecule has 1 saturated heterocycles. The van der Waals surface area contributed by atoms with Crippen LogP contribution in [-0.4, -0.2) is 61.5 Å². The Kier molecular flexibility index (Phi) is 7.60. The van der Waals surface area contributed by atoms with Gasteiger partial charge in [0.25, 0.3) is 0 Å². The number of aryl methyl sites for hydroxylation is 1. The van der Waals surface area contributed by atoms with Gasteiger partial charge < -0.3 is 15.4 Å². The number of benzene rings is 1. The molecular formula is C25H26FN7O3S. The van der Waals surface area contributed by atoms with E-state index in [-0.39, 0.29) is 5.82 Å². The van der Waals surface area contributed by atoms with Crippen molar-refractivity contribution in [3.63, 3.8) is 0 Å². The highest BCUT2D eigenvalue weighted by atomic mass is 32.2. The molecule has 1 atom stereocenters. The number of nitrogens with two attached hydrogens (primary N) is 1. The lowest BCUT2D eigenvalue weighted by Gasteiger charge is -2.28. The summed E-state index contributed by atoms with van der Waals surface area (Å²) in [5, 5.41) is 0. The van der Waals surface area contributed by atoms with E-state index >= 15 is 4.39 Å². The van der Waals surface area contributed by atoms with Crippen LogP contribution in [0.2, 0.25) is 0 Å². The van der Waals surface area contributed by atoms with E-state index in [1.165, 1.54) is 0 Å². The van der Waals surface area contributed by atoms with E-state index in [0.717, 1.165) is 5.56 Å². The molecule has 1 aliphatic heterocycles. The van der Waals surface area contributed by atoms with Gasteiger partial charge in [0.05, 0.1) is 24.4 Å². The van der Waals surface area contributed by atoms with Crippen LogP contribution in [0.15, 0.2) is 48.7 Å². The minimum atomic E-state index is -2.08. The molecule has 4 aromatic rings. The average Bonchev–Trinajstić information content (AvgIpc) is 2.92. The van der Waals surface area contributed by atoms with Gasteiger partial charge in [0.2, 0.25) is 11.3 Å². The number of fused-ring (bicyclic) bond motifs is 1. The number of nitrogens with zero attached hydrogens (tertiary/aromatic N) is 5. The molecule has 1 aromatic carbocycles. The largest absolute Gasteiger partial charge is 0.384 e. The van der Waals surface area contributed by atoms with E-state index in [4.69, 9.17) is 30.0 Å². The number of aromatic nitrogens is 4. The normalized spacial score (nSPS) is 14.7. The zero-order valence-corrected chi connectivity index (χ0v) is 20.7. The summed E-state index contributed by atoms with van der Waals surface area (Å²) >= 11 is -2.08. The van der Waals surface area contributed by atoms with E-state index in [1.807, 2.05) is 12.1 Å². The van der Waals surface area contributed by atoms with Crippen molar-refractivity contribution >= 4 is 33.9 Å². The van der Waals surface area contributed by atoms with Crippen molar-refractivity contribution < 1.29 is 17.9 Å². The summed E-state index contributed by atoms with van der Waals surface area (Å²) in [6.07, 6.45) is 2.56. The van der Waals surface area contributed by atoms with Crippen LogP contribution in [0.25, 0.3) is 33.7 Å². The van der Waals surface area contributed by atoms with E-state index in [0.29, 0.717) is 91.0 Å². The third-order valence-electron chi connectivity index (χ3n) is 6.08. The van der Waals surface area contributed by atoms with Crippen LogP contribution in [-0.2, 0) is 22.4 Å². The maximum Gasteiger partial charge on any atom is 0.231 e. The molecule has 0 amide bonds. The molecule has 1 fully saturated rings. The Hall–Kier alpha value is -3.58. The number of nitrogen functional groups attached to an aromatic ring is 1. The second kappa shape index (κ2) is 11.2. The molecule has 0 radical (unpaired) electrons. The smallest absolute Gasteiger partial charge is 0.231 e. The fourth-order valence-electron chi connectivity index (χ4n) is 4.22. The summed E-state index contributed by atoms with van der Waals surface area (Å²) in [4.78, 5) is 20.6. The Morgan fingerprint density at radius 1 is 1.11 bits per heavy atom. The number of hydrogen-bond donors (Lipinski definition) is 3. The fraction of sp³-hybridized carbons (Fsp3) is 0.280. The summed E-state index contributed by atoms with van der Waals surface area (Å²) in [6, 6.07) is 12.3. The van der Waals surface area contributed by atoms with Crippen LogP contribution in [0.1, 0.15) is 12.0 Å². The molecule has 12 heteroatoms. The molecule has 192 valence electrons. The Morgan fingerprint density at radius 3 is 2.70 bits per heavy atom. The van der Waals surface area contributed by atoms with Crippen LogP contribution >= 0.6 is 0 Å². The number of ether oxygens (including phenoxy) is 1. The minimum absolute atomic E-state index is 0.299. The van der Waals surface area contributed by atoms with E-state index in [2.05, 4.69) is 14.6 Å². The standard InChI is InChI=1S/C25H26FN7O3S/c26-22-16(4-2-10-29-37(34)35)3-1-5-18(22)19-7-8-20-23(30-19)25(33-11-13-36-14-12-33)32-24(31-20)17-6-9-21(27)28-15-17/h1,3,5-9,15,29H,2,4,10-14H2,(H2,27,28)(H,34,35). The Morgan fingerprint density at radius 2 is 1.95 bits per heavy atom. The van der Waals surface area contributed by atoms with Crippen molar-refractivity contribution in [3.05, 3.63) is 60.0 Å². The van der Waals surface area contributed by atoms with Gasteiger partial charge in [-0.3, -0.25) is 4.55 Å². The molecule has 37 heavy (non-hydrogen) atoms. The SMILES string of the molecule is Nc1ccc(-c2nc(N3CCOCC3)c3nc(-c4cccc(CCCNS(=O)O)c4F)ccc3n2)cn1. The van der Waals surface area contributed by atoms with Gasteiger partial charge in [-0.05, 0) is 48.7 Å². The summed E-state index contributed by atoms with van der Waals surface area (Å²) < 4.78 is 43.0. The quantitative estimate of drug-likeness (QED) is 0.235. The average molecular weight is 524 g/mol. The van der Waals surface area contributed by atoms with Crippen molar-refractivity contribution in [1.29, 1.82) is 0 Å². The van der Waals surface area contributed by atoms with Gasteiger partial charge in [0.15, 0.2) is 11.6 Å². The molecular weight excluding hydrogens is 497 g/mol. The molecule has 1 unspecified atom stereocenters. The molecule has 3 aromatic heterocycles. The highest BCUT2D eigenvalue weighted by Crippen LogP contribution is 2.31. The first-order valence-corrected chi connectivity index (χ1v) is 13.0. The number of nitrogens with one attached hydrogen (secondary N) is 1. The number of pyridine rings is 2. The van der Waals surface area contributed by atoms with Gasteiger partial charge in [-0.15, -0.1) is 0 Å². The van der Waals surface area contributed by atoms with Crippen LogP contribution in [0.5, 0.6) is 0 Å². The first-order valence-electron chi connectivity index (χ1n) is 11.8. The zero-order chi connectivity index (χ0) is 25.8. The van der Waals surface area contributed by atoms with Gasteiger partial charge in [-0.2, -0.15) is 0 Å². The third kappa shape index (κ3) is 5.72. The molecule has 4 heterocycles. The molecule has 0 saturated carbocycles. The molecule has 5 rings (SSSR count). The third-order valence-corrected chi connectivity index (χ3v) is 6.53. The number of hydrogen-bond acceptors (Lipinski definition) is 8. The van der Waals surface area contributed by atoms with Crippen LogP contribution < -0.4 is 15.4 Å². The van der Waals surface area contributed by atoms with Gasteiger partial charge in [0.1, 0.15) is 17.2 Å². The summed E-state index contributed by atoms with van der Waals surface area (Å²) in [5.74, 6) is 1.20. The number of halogens is 1. The topological polar surface area (TPSA) is 139 Å². The van der Waals surface area contributed by atoms with Crippen molar-refractivity contribution in [2.75, 3.05) is 43.5 Å². The highest BCUT2D eigenvalue weighted by Gasteiger charge is 2.21. The zero-order valence-electron chi connectivity index (χ0n) is 19.9. The second-order valence-corrected chi connectivity index (χ2v) is 9.32. The van der Waals surface area contributed by atoms with Crippen molar-refractivity contribution in [1.82, 2.24) is 24.7 Å². The summed E-state index contributed by atoms with van der Waals surface area (Å²) in [7, 11) is 0. The van der Waals surface area contributed by atoms with Gasteiger partial charge >= 0.3 is 0 Å². The van der Waals surface area contributed by atoms with E-state index in [9.17, 15) is 4.21 Å². The van der Waals surface area contributed by atoms with Gasteiger partial charge in [-0.1, -0.05) is 12.1 Å². The minimum Gasteiger partial charge on any atom is -0.384 e. The summed E-state index contributed by atoms with van der Waals surface area (Å²) in [5.41, 5.74) is 9.04. The second-order valence-electron chi connectivity index (χ2n) is 8.53. The predicted octanol–water partition coefficient (Wildman–Crippen LogP) is 2.97. The Labute approximate surface area is 215 Å². The Bertz CT molecular complexity index is 1430. The number of morpholine rings is 1. The van der Waals surface area contributed by atoms with Gasteiger partial charge in [-0.25, -0.2) is 33.3 Å². The molecule has 1 aliphatic rings. The molecule has 4 N–H and O–H groups in total. The number of rotatable bonds is 8. The maximum atomic E-state index is 15.5. The fourth-order valence-corrected chi connectivity index (χ4v) is 4.54. The van der Waals surface area contributed by atoms with E-state index < -0.39 is 11.3 Å². The molecule has 0 bridgehead atoms. The monoisotopic (exact) mass is 523 g/mol. The van der Waals surface area contributed by atoms with Crippen molar-refractivity contribution in [3.8, 4) is 22.6 Å². The van der Waals surface area contributed by atoms with Crippen LogP contribution in [0, 0.1) is 5.82 Å². The van der Waals surface area contributed by atoms with Crippen LogP contribution in [0.3, 0.4) is 0 Å². The first-order chi connectivity index (χ1) is 18.0. The highest BCUT2D eigenvalue weighted by molar-refractivity contribution is 7.77. The van der Waals surface area contributed by atoms with E-state index in [1.54, 1.807) is 36.5 Å². The first kappa shape index (κ1) is 25.1.